The molecule has 0 nitrogen and oxygen atoms in total. The Morgan fingerprint density at radius 1 is 0.536 bits per heavy atom. The smallest absolute Gasteiger partial charge is 0.0858 e. The van der Waals surface area contributed by atoms with E-state index in [1.54, 1.807) is 10.4 Å². The zero-order chi connectivity index (χ0) is 21.8. The fraction of sp³-hybridized carbons (Fsp3) is 0.760. The van der Waals surface area contributed by atoms with E-state index in [4.69, 9.17) is 0 Å². The van der Waals surface area contributed by atoms with Crippen molar-refractivity contribution in [2.45, 2.75) is 124 Å². The molecular weight excluding hydrogens is 385 g/mol. The van der Waals surface area contributed by atoms with Gasteiger partial charge in [0.05, 0.1) is 24.2 Å². The molecule has 0 bridgehead atoms. The van der Waals surface area contributed by atoms with Crippen LogP contribution >= 0.6 is 0 Å². The van der Waals surface area contributed by atoms with E-state index >= 15 is 0 Å². The number of hydrogen-bond acceptors (Lipinski definition) is 0. The van der Waals surface area contributed by atoms with E-state index in [-0.39, 0.29) is 0 Å². The van der Waals surface area contributed by atoms with Gasteiger partial charge in [0.25, 0.3) is 0 Å². The first-order valence-corrected chi connectivity index (χ1v) is 20.3. The number of allylic oxidation sites excluding steroid dienone is 5. The van der Waals surface area contributed by atoms with Crippen molar-refractivity contribution in [1.29, 1.82) is 0 Å². The van der Waals surface area contributed by atoms with Gasteiger partial charge in [0.15, 0.2) is 0 Å². The van der Waals surface area contributed by atoms with Crippen LogP contribution in [0.1, 0.15) is 69.2 Å². The summed E-state index contributed by atoms with van der Waals surface area (Å²) in [6, 6.07) is 12.4. The zero-order valence-electron chi connectivity index (χ0n) is 21.2. The Bertz CT molecular complexity index is 491. The average molecular weight is 437 g/mol. The van der Waals surface area contributed by atoms with Crippen molar-refractivity contribution in [1.82, 2.24) is 0 Å². The lowest BCUT2D eigenvalue weighted by atomic mass is 10.4. The lowest BCUT2D eigenvalue weighted by Gasteiger charge is -2.35. The predicted octanol–water partition coefficient (Wildman–Crippen LogP) is 9.56. The Morgan fingerprint density at radius 3 is 1.18 bits per heavy atom. The summed E-state index contributed by atoms with van der Waals surface area (Å²) in [6.45, 7) is 24.3. The van der Waals surface area contributed by atoms with Gasteiger partial charge in [0, 0.05) is 0 Å². The average Bonchev–Trinajstić information content (AvgIpc) is 2.76. The molecule has 0 rings (SSSR count). The van der Waals surface area contributed by atoms with Crippen molar-refractivity contribution >= 4 is 24.2 Å². The molecule has 0 spiro atoms. The van der Waals surface area contributed by atoms with Crippen LogP contribution < -0.4 is 0 Å². The highest BCUT2D eigenvalue weighted by atomic mass is 28.3. The summed E-state index contributed by atoms with van der Waals surface area (Å²) in [5.74, 6) is 0. The summed E-state index contributed by atoms with van der Waals surface area (Å²) >= 11 is 0. The van der Waals surface area contributed by atoms with Crippen molar-refractivity contribution in [3.63, 3.8) is 0 Å². The predicted molar refractivity (Wildman–Crippen MR) is 143 cm³/mol. The highest BCUT2D eigenvalue weighted by Crippen LogP contribution is 2.36. The molecule has 0 aliphatic rings. The normalized spacial score (nSPS) is 14.9. The van der Waals surface area contributed by atoms with Crippen molar-refractivity contribution < 1.29 is 0 Å². The molecule has 0 aromatic rings. The third-order valence-corrected chi connectivity index (χ3v) is 25.0. The zero-order valence-corrected chi connectivity index (χ0v) is 24.2. The van der Waals surface area contributed by atoms with Gasteiger partial charge >= 0.3 is 0 Å². The van der Waals surface area contributed by atoms with Crippen LogP contribution in [0.3, 0.4) is 0 Å². The molecular formula is C25H52Si3. The summed E-state index contributed by atoms with van der Waals surface area (Å²) in [6.07, 6.45) is 7.90. The molecule has 0 saturated heterocycles. The van der Waals surface area contributed by atoms with E-state index in [0.29, 0.717) is 0 Å². The Hall–Kier alpha value is -0.129. The number of rotatable bonds is 14. The van der Waals surface area contributed by atoms with Gasteiger partial charge in [0.2, 0.25) is 0 Å². The summed E-state index contributed by atoms with van der Waals surface area (Å²) in [5, 5.41) is 3.51. The molecule has 28 heavy (non-hydrogen) atoms. The van der Waals surface area contributed by atoms with E-state index in [0.717, 1.165) is 0 Å². The molecule has 0 saturated carbocycles. The van der Waals surface area contributed by atoms with Crippen LogP contribution in [0.15, 0.2) is 34.3 Å². The summed E-state index contributed by atoms with van der Waals surface area (Å²) < 4.78 is 0. The Kier molecular flexibility index (Phi) is 13.2. The maximum Gasteiger partial charge on any atom is 0.0858 e. The highest BCUT2D eigenvalue weighted by molar-refractivity contribution is 6.89. The van der Waals surface area contributed by atoms with Crippen molar-refractivity contribution in [3.05, 3.63) is 34.3 Å². The van der Waals surface area contributed by atoms with Gasteiger partial charge in [-0.2, -0.15) is 0 Å². The fourth-order valence-corrected chi connectivity index (χ4v) is 15.7. The van der Waals surface area contributed by atoms with Crippen LogP contribution in [0.4, 0.5) is 0 Å². The van der Waals surface area contributed by atoms with E-state index < -0.39 is 24.2 Å². The van der Waals surface area contributed by atoms with Gasteiger partial charge in [-0.3, -0.25) is 0 Å². The van der Waals surface area contributed by atoms with Crippen molar-refractivity contribution in [2.24, 2.45) is 0 Å². The lowest BCUT2D eigenvalue weighted by molar-refractivity contribution is 1.16. The van der Waals surface area contributed by atoms with E-state index in [9.17, 15) is 0 Å². The first-order chi connectivity index (χ1) is 13.3. The summed E-state index contributed by atoms with van der Waals surface area (Å²) in [7, 11) is -3.98. The maximum atomic E-state index is 2.75. The third-order valence-electron chi connectivity index (χ3n) is 8.64. The molecule has 0 atom stereocenters. The minimum Gasteiger partial charge on any atom is -0.0943 e. The van der Waals surface area contributed by atoms with E-state index in [1.165, 1.54) is 54.4 Å². The molecule has 0 aromatic heterocycles. The summed E-state index contributed by atoms with van der Waals surface area (Å²) in [4.78, 5) is 0. The molecule has 0 N–H and O–H groups in total. The van der Waals surface area contributed by atoms with E-state index in [1.807, 2.05) is 0 Å². The Labute approximate surface area is 182 Å². The molecule has 0 unspecified atom stereocenters. The van der Waals surface area contributed by atoms with Crippen molar-refractivity contribution in [2.75, 3.05) is 0 Å². The molecule has 0 radical (unpaired) electrons. The van der Waals surface area contributed by atoms with Gasteiger partial charge in [-0.15, -0.1) is 0 Å². The maximum absolute atomic E-state index is 2.75. The van der Waals surface area contributed by atoms with Crippen molar-refractivity contribution in [3.8, 4) is 0 Å². The van der Waals surface area contributed by atoms with Crippen LogP contribution in [0.5, 0.6) is 0 Å². The standard InChI is InChI=1S/C25H52Si3/c1-11-24(27(15-5,16-6)17-7)23-25(28(18-8,19-9)20-10)21-22-26(12-2,13-3)14-4/h11,21-23H,12-20H2,1-10H3/b22-21+,24-11-,25-23-. The molecule has 0 heterocycles. The molecule has 3 heteroatoms. The van der Waals surface area contributed by atoms with Crippen LogP contribution in [-0.2, 0) is 0 Å². The molecule has 0 amide bonds. The van der Waals surface area contributed by atoms with E-state index in [2.05, 4.69) is 93.2 Å². The molecule has 0 aliphatic heterocycles. The van der Waals surface area contributed by atoms with Gasteiger partial charge in [-0.25, -0.2) is 0 Å². The largest absolute Gasteiger partial charge is 0.0943 e. The minimum atomic E-state index is -1.40. The fourth-order valence-electron chi connectivity index (χ4n) is 5.18. The Morgan fingerprint density at radius 2 is 0.893 bits per heavy atom. The third kappa shape index (κ3) is 6.18. The number of hydrogen-bond donors (Lipinski definition) is 0. The topological polar surface area (TPSA) is 0 Å². The molecule has 0 aromatic carbocycles. The second-order valence-corrected chi connectivity index (χ2v) is 24.5. The van der Waals surface area contributed by atoms with Crippen LogP contribution in [0, 0.1) is 0 Å². The highest BCUT2D eigenvalue weighted by Gasteiger charge is 2.34. The molecule has 164 valence electrons. The summed E-state index contributed by atoms with van der Waals surface area (Å²) in [5.41, 5.74) is 2.75. The second-order valence-electron chi connectivity index (χ2n) is 8.78. The first kappa shape index (κ1) is 27.9. The Balaban J connectivity index is 6.59. The minimum absolute atomic E-state index is 1.24. The quantitative estimate of drug-likeness (QED) is 0.188. The van der Waals surface area contributed by atoms with Crippen LogP contribution in [0.2, 0.25) is 54.4 Å². The lowest BCUT2D eigenvalue weighted by Crippen LogP contribution is -2.38. The van der Waals surface area contributed by atoms with Gasteiger partial charge < -0.3 is 0 Å². The second kappa shape index (κ2) is 13.2. The van der Waals surface area contributed by atoms with Gasteiger partial charge in [-0.1, -0.05) is 151 Å². The molecule has 0 aliphatic carbocycles. The van der Waals surface area contributed by atoms with Gasteiger partial charge in [0.1, 0.15) is 0 Å². The van der Waals surface area contributed by atoms with Crippen LogP contribution in [-0.4, -0.2) is 24.2 Å². The first-order valence-electron chi connectivity index (χ1n) is 12.4. The van der Waals surface area contributed by atoms with Gasteiger partial charge in [-0.05, 0) is 6.92 Å². The van der Waals surface area contributed by atoms with Crippen LogP contribution in [0.25, 0.3) is 0 Å². The SMILES string of the molecule is C/C=C(/C=C(/C=C/[Si](CC)(CC)CC)[Si](CC)(CC)CC)[Si](CC)(CC)CC. The molecule has 0 fully saturated rings. The monoisotopic (exact) mass is 436 g/mol.